The van der Waals surface area contributed by atoms with Crippen molar-refractivity contribution >= 4 is 5.97 Å². The van der Waals surface area contributed by atoms with E-state index in [2.05, 4.69) is 18.7 Å². The largest absolute Gasteiger partial charge is 0.478 e. The molecule has 0 unspecified atom stereocenters. The highest BCUT2D eigenvalue weighted by Gasteiger charge is 2.31. The lowest BCUT2D eigenvalue weighted by Crippen LogP contribution is -2.37. The Bertz CT molecular complexity index is 409. The van der Waals surface area contributed by atoms with Gasteiger partial charge in [-0.15, -0.1) is 0 Å². The molecule has 1 aromatic carbocycles. The molecule has 1 N–H and O–H groups in total. The average Bonchev–Trinajstić information content (AvgIpc) is 2.59. The Balaban J connectivity index is 2.06. The van der Waals surface area contributed by atoms with Crippen molar-refractivity contribution in [2.45, 2.75) is 38.8 Å². The van der Waals surface area contributed by atoms with Gasteiger partial charge in [0.1, 0.15) is 0 Å². The quantitative estimate of drug-likeness (QED) is 0.872. The number of likely N-dealkylation sites (tertiary alicyclic amines) is 1. The molecule has 0 aromatic heterocycles. The molecular formula is C14H19NO2. The van der Waals surface area contributed by atoms with E-state index in [4.69, 9.17) is 5.11 Å². The first-order chi connectivity index (χ1) is 7.99. The molecule has 0 radical (unpaired) electrons. The molecular weight excluding hydrogens is 214 g/mol. The topological polar surface area (TPSA) is 40.5 Å². The van der Waals surface area contributed by atoms with Crippen molar-refractivity contribution in [1.82, 2.24) is 4.90 Å². The Morgan fingerprint density at radius 1 is 1.35 bits per heavy atom. The van der Waals surface area contributed by atoms with Gasteiger partial charge >= 0.3 is 5.97 Å². The summed E-state index contributed by atoms with van der Waals surface area (Å²) >= 11 is 0. The molecule has 0 spiro atoms. The van der Waals surface area contributed by atoms with E-state index in [1.807, 2.05) is 12.1 Å². The predicted molar refractivity (Wildman–Crippen MR) is 67.1 cm³/mol. The smallest absolute Gasteiger partial charge is 0.335 e. The molecule has 0 amide bonds. The van der Waals surface area contributed by atoms with Gasteiger partial charge < -0.3 is 5.11 Å². The Morgan fingerprint density at radius 3 is 2.47 bits per heavy atom. The molecule has 17 heavy (non-hydrogen) atoms. The van der Waals surface area contributed by atoms with Gasteiger partial charge in [-0.05, 0) is 50.9 Å². The summed E-state index contributed by atoms with van der Waals surface area (Å²) in [6.45, 7) is 6.58. The SMILES string of the molecule is CC1(C)CCCN1Cc1ccc(C(=O)O)cc1. The lowest BCUT2D eigenvalue weighted by atomic mass is 10.0. The highest BCUT2D eigenvalue weighted by atomic mass is 16.4. The van der Waals surface area contributed by atoms with E-state index in [1.165, 1.54) is 18.4 Å². The zero-order chi connectivity index (χ0) is 12.5. The van der Waals surface area contributed by atoms with Crippen molar-refractivity contribution in [2.75, 3.05) is 6.54 Å². The summed E-state index contributed by atoms with van der Waals surface area (Å²) in [6.07, 6.45) is 2.49. The molecule has 1 aliphatic rings. The predicted octanol–water partition coefficient (Wildman–Crippen LogP) is 2.76. The van der Waals surface area contributed by atoms with Gasteiger partial charge in [0.25, 0.3) is 0 Å². The molecule has 92 valence electrons. The van der Waals surface area contributed by atoms with Crippen LogP contribution in [0.15, 0.2) is 24.3 Å². The minimum Gasteiger partial charge on any atom is -0.478 e. The maximum absolute atomic E-state index is 10.7. The van der Waals surface area contributed by atoms with Crippen molar-refractivity contribution in [3.05, 3.63) is 35.4 Å². The van der Waals surface area contributed by atoms with Crippen molar-refractivity contribution in [1.29, 1.82) is 0 Å². The van der Waals surface area contributed by atoms with Crippen LogP contribution in [0.3, 0.4) is 0 Å². The molecule has 3 heteroatoms. The Labute approximate surface area is 102 Å². The fourth-order valence-corrected chi connectivity index (χ4v) is 2.43. The zero-order valence-corrected chi connectivity index (χ0v) is 10.4. The van der Waals surface area contributed by atoms with E-state index in [9.17, 15) is 4.79 Å². The van der Waals surface area contributed by atoms with Crippen molar-refractivity contribution in [2.24, 2.45) is 0 Å². The fourth-order valence-electron chi connectivity index (χ4n) is 2.43. The van der Waals surface area contributed by atoms with Gasteiger partial charge in [-0.3, -0.25) is 4.90 Å². The number of hydrogen-bond donors (Lipinski definition) is 1. The van der Waals surface area contributed by atoms with Crippen molar-refractivity contribution in [3.8, 4) is 0 Å². The number of rotatable bonds is 3. The third-order valence-corrected chi connectivity index (χ3v) is 3.65. The van der Waals surface area contributed by atoms with E-state index in [-0.39, 0.29) is 5.54 Å². The maximum Gasteiger partial charge on any atom is 0.335 e. The van der Waals surface area contributed by atoms with Crippen LogP contribution in [0.4, 0.5) is 0 Å². The van der Waals surface area contributed by atoms with E-state index in [1.54, 1.807) is 12.1 Å². The molecule has 0 saturated carbocycles. The molecule has 1 saturated heterocycles. The van der Waals surface area contributed by atoms with Crippen LogP contribution < -0.4 is 0 Å². The molecule has 1 aromatic rings. The normalized spacial score (nSPS) is 19.4. The summed E-state index contributed by atoms with van der Waals surface area (Å²) in [4.78, 5) is 13.2. The van der Waals surface area contributed by atoms with Crippen LogP contribution in [0, 0.1) is 0 Å². The molecule has 0 atom stereocenters. The molecule has 0 aliphatic carbocycles. The van der Waals surface area contributed by atoms with Crippen LogP contribution in [-0.2, 0) is 6.54 Å². The minimum absolute atomic E-state index is 0.269. The van der Waals surface area contributed by atoms with Crippen LogP contribution in [-0.4, -0.2) is 28.1 Å². The third-order valence-electron chi connectivity index (χ3n) is 3.65. The van der Waals surface area contributed by atoms with Crippen LogP contribution in [0.1, 0.15) is 42.6 Å². The lowest BCUT2D eigenvalue weighted by molar-refractivity contribution is 0.0697. The van der Waals surface area contributed by atoms with E-state index in [0.717, 1.165) is 13.1 Å². The molecule has 3 nitrogen and oxygen atoms in total. The Kier molecular flexibility index (Phi) is 3.20. The third kappa shape index (κ3) is 2.67. The Morgan fingerprint density at radius 2 is 2.00 bits per heavy atom. The molecule has 1 heterocycles. The zero-order valence-electron chi connectivity index (χ0n) is 10.4. The number of hydrogen-bond acceptors (Lipinski definition) is 2. The second-order valence-electron chi connectivity index (χ2n) is 5.34. The lowest BCUT2D eigenvalue weighted by Gasteiger charge is -2.31. The van der Waals surface area contributed by atoms with E-state index in [0.29, 0.717) is 5.56 Å². The van der Waals surface area contributed by atoms with Crippen LogP contribution in [0.25, 0.3) is 0 Å². The second kappa shape index (κ2) is 4.49. The fraction of sp³-hybridized carbons (Fsp3) is 0.500. The minimum atomic E-state index is -0.863. The average molecular weight is 233 g/mol. The first-order valence-electron chi connectivity index (χ1n) is 6.06. The van der Waals surface area contributed by atoms with Gasteiger partial charge in [0.2, 0.25) is 0 Å². The highest BCUT2D eigenvalue weighted by molar-refractivity contribution is 5.87. The summed E-state index contributed by atoms with van der Waals surface area (Å²) in [6, 6.07) is 7.19. The number of benzene rings is 1. The maximum atomic E-state index is 10.7. The standard InChI is InChI=1S/C14H19NO2/c1-14(2)8-3-9-15(14)10-11-4-6-12(7-5-11)13(16)17/h4-7H,3,8-10H2,1-2H3,(H,16,17). The number of aromatic carboxylic acids is 1. The van der Waals surface area contributed by atoms with Crippen molar-refractivity contribution < 1.29 is 9.90 Å². The highest BCUT2D eigenvalue weighted by Crippen LogP contribution is 2.29. The van der Waals surface area contributed by atoms with Gasteiger partial charge in [-0.2, -0.15) is 0 Å². The second-order valence-corrected chi connectivity index (χ2v) is 5.34. The molecule has 1 aliphatic heterocycles. The Hall–Kier alpha value is -1.35. The number of carboxylic acid groups (broad SMARTS) is 1. The molecule has 1 fully saturated rings. The van der Waals surface area contributed by atoms with Gasteiger partial charge in [0.15, 0.2) is 0 Å². The summed E-state index contributed by atoms with van der Waals surface area (Å²) in [5, 5.41) is 8.83. The van der Waals surface area contributed by atoms with E-state index < -0.39 is 5.97 Å². The number of carboxylic acids is 1. The van der Waals surface area contributed by atoms with Crippen molar-refractivity contribution in [3.63, 3.8) is 0 Å². The molecule has 0 bridgehead atoms. The van der Waals surface area contributed by atoms with Gasteiger partial charge in [0, 0.05) is 12.1 Å². The van der Waals surface area contributed by atoms with Gasteiger partial charge in [0.05, 0.1) is 5.56 Å². The first kappa shape index (κ1) is 12.1. The van der Waals surface area contributed by atoms with Gasteiger partial charge in [-0.25, -0.2) is 4.79 Å². The van der Waals surface area contributed by atoms with Gasteiger partial charge in [-0.1, -0.05) is 12.1 Å². The summed E-state index contributed by atoms with van der Waals surface area (Å²) in [7, 11) is 0. The summed E-state index contributed by atoms with van der Waals surface area (Å²) < 4.78 is 0. The summed E-state index contributed by atoms with van der Waals surface area (Å²) in [5.41, 5.74) is 1.81. The van der Waals surface area contributed by atoms with Crippen LogP contribution >= 0.6 is 0 Å². The van der Waals surface area contributed by atoms with Crippen LogP contribution in [0.2, 0.25) is 0 Å². The first-order valence-corrected chi connectivity index (χ1v) is 6.06. The molecule has 2 rings (SSSR count). The van der Waals surface area contributed by atoms with E-state index >= 15 is 0 Å². The number of carbonyl (C=O) groups is 1. The van der Waals surface area contributed by atoms with Crippen LogP contribution in [0.5, 0.6) is 0 Å². The monoisotopic (exact) mass is 233 g/mol. The summed E-state index contributed by atoms with van der Waals surface area (Å²) in [5.74, 6) is -0.863. The number of nitrogens with zero attached hydrogens (tertiary/aromatic N) is 1.